The number of amides is 1. The third kappa shape index (κ3) is 3.28. The van der Waals surface area contributed by atoms with Crippen LogP contribution in [0.4, 0.5) is 10.1 Å². The summed E-state index contributed by atoms with van der Waals surface area (Å²) in [5.41, 5.74) is 0.863. The number of carbonyl (C=O) groups excluding carboxylic acids is 2. The Labute approximate surface area is 122 Å². The first-order valence-corrected chi connectivity index (χ1v) is 6.79. The number of hydrogen-bond donors (Lipinski definition) is 0. The van der Waals surface area contributed by atoms with E-state index in [2.05, 4.69) is 0 Å². The number of methoxy groups -OCH3 is 1. The van der Waals surface area contributed by atoms with Gasteiger partial charge in [0.05, 0.1) is 24.5 Å². The van der Waals surface area contributed by atoms with Crippen LogP contribution in [0.25, 0.3) is 0 Å². The van der Waals surface area contributed by atoms with E-state index in [0.29, 0.717) is 31.8 Å². The number of Topliss-reactive ketones (excluding diaryl/α,β-unsaturated/α-hetero) is 1. The van der Waals surface area contributed by atoms with Crippen LogP contribution in [0, 0.1) is 12.7 Å². The normalized spacial score (nSPS) is 14.0. The maximum atomic E-state index is 14.0. The highest BCUT2D eigenvalue weighted by atomic mass is 19.1. The predicted molar refractivity (Wildman–Crippen MR) is 75.1 cm³/mol. The highest BCUT2D eigenvalue weighted by Gasteiger charge is 2.37. The van der Waals surface area contributed by atoms with Crippen LogP contribution < -0.4 is 4.90 Å². The highest BCUT2D eigenvalue weighted by Crippen LogP contribution is 2.32. The van der Waals surface area contributed by atoms with Gasteiger partial charge in [-0.2, -0.15) is 0 Å². The number of benzene rings is 1. The number of rotatable bonds is 7. The van der Waals surface area contributed by atoms with E-state index in [1.807, 2.05) is 0 Å². The molecule has 0 spiro atoms. The van der Waals surface area contributed by atoms with Crippen molar-refractivity contribution >= 4 is 17.4 Å². The fourth-order valence-corrected chi connectivity index (χ4v) is 2.30. The number of ether oxygens (including phenoxy) is 2. The average molecular weight is 295 g/mol. The van der Waals surface area contributed by atoms with Crippen molar-refractivity contribution in [1.82, 2.24) is 0 Å². The summed E-state index contributed by atoms with van der Waals surface area (Å²) in [6, 6.07) is 2.88. The molecule has 0 bridgehead atoms. The van der Waals surface area contributed by atoms with Crippen molar-refractivity contribution in [2.45, 2.75) is 13.3 Å². The topological polar surface area (TPSA) is 55.8 Å². The van der Waals surface area contributed by atoms with Gasteiger partial charge in [-0.1, -0.05) is 0 Å². The summed E-state index contributed by atoms with van der Waals surface area (Å²) < 4.78 is 24.2. The molecule has 1 aliphatic rings. The Balaban J connectivity index is 2.02. The summed E-state index contributed by atoms with van der Waals surface area (Å²) in [6.45, 7) is 3.33. The van der Waals surface area contributed by atoms with Crippen molar-refractivity contribution < 1.29 is 23.5 Å². The van der Waals surface area contributed by atoms with Gasteiger partial charge in [-0.25, -0.2) is 4.39 Å². The van der Waals surface area contributed by atoms with Crippen molar-refractivity contribution in [2.75, 3.05) is 38.4 Å². The molecule has 0 fully saturated rings. The molecule has 0 N–H and O–H groups in total. The van der Waals surface area contributed by atoms with Gasteiger partial charge in [0.15, 0.2) is 0 Å². The molecule has 6 heteroatoms. The number of carbonyl (C=O) groups is 2. The molecule has 2 rings (SSSR count). The molecule has 5 nitrogen and oxygen atoms in total. The zero-order valence-corrected chi connectivity index (χ0v) is 12.1. The first kappa shape index (κ1) is 15.6. The third-order valence-corrected chi connectivity index (χ3v) is 3.26. The Morgan fingerprint density at radius 2 is 1.95 bits per heavy atom. The number of ketones is 1. The van der Waals surface area contributed by atoms with Crippen LogP contribution in [-0.2, 0) is 14.3 Å². The fourth-order valence-electron chi connectivity index (χ4n) is 2.30. The van der Waals surface area contributed by atoms with E-state index in [1.165, 1.54) is 11.0 Å². The lowest BCUT2D eigenvalue weighted by atomic mass is 10.1. The average Bonchev–Trinajstić information content (AvgIpc) is 2.68. The minimum absolute atomic E-state index is 0.0903. The Hall–Kier alpha value is -1.79. The van der Waals surface area contributed by atoms with Gasteiger partial charge in [-0.3, -0.25) is 9.59 Å². The van der Waals surface area contributed by atoms with Crippen LogP contribution >= 0.6 is 0 Å². The van der Waals surface area contributed by atoms with E-state index in [4.69, 9.17) is 9.47 Å². The molecular formula is C15H18FNO4. The first-order valence-electron chi connectivity index (χ1n) is 6.79. The van der Waals surface area contributed by atoms with Crippen molar-refractivity contribution in [1.29, 1.82) is 0 Å². The van der Waals surface area contributed by atoms with Crippen LogP contribution in [0.15, 0.2) is 12.1 Å². The minimum atomic E-state index is -0.675. The highest BCUT2D eigenvalue weighted by molar-refractivity contribution is 6.52. The molecular weight excluding hydrogens is 277 g/mol. The molecule has 1 aromatic carbocycles. The molecule has 0 atom stereocenters. The number of anilines is 1. The molecule has 1 amide bonds. The molecule has 0 aliphatic carbocycles. The molecule has 0 aromatic heterocycles. The number of hydrogen-bond acceptors (Lipinski definition) is 4. The van der Waals surface area contributed by atoms with Crippen LogP contribution in [-0.4, -0.2) is 45.2 Å². The monoisotopic (exact) mass is 295 g/mol. The van der Waals surface area contributed by atoms with Crippen molar-refractivity contribution in [2.24, 2.45) is 0 Å². The van der Waals surface area contributed by atoms with Gasteiger partial charge in [0.2, 0.25) is 0 Å². The van der Waals surface area contributed by atoms with Crippen LogP contribution in [0.1, 0.15) is 22.3 Å². The molecule has 21 heavy (non-hydrogen) atoms. The summed E-state index contributed by atoms with van der Waals surface area (Å²) in [7, 11) is 1.58. The molecule has 0 radical (unpaired) electrons. The van der Waals surface area contributed by atoms with Gasteiger partial charge >= 0.3 is 0 Å². The standard InChI is InChI=1S/C15H18FNO4/c1-10-8-11-13(12(16)9-10)17(15(19)14(11)18)4-3-5-21-7-6-20-2/h8-9H,3-7H2,1-2H3. The van der Waals surface area contributed by atoms with E-state index in [9.17, 15) is 14.0 Å². The largest absolute Gasteiger partial charge is 0.382 e. The van der Waals surface area contributed by atoms with E-state index >= 15 is 0 Å². The molecule has 0 saturated carbocycles. The number of fused-ring (bicyclic) bond motifs is 1. The van der Waals surface area contributed by atoms with Crippen LogP contribution in [0.2, 0.25) is 0 Å². The van der Waals surface area contributed by atoms with Crippen LogP contribution in [0.3, 0.4) is 0 Å². The molecule has 1 aromatic rings. The lowest BCUT2D eigenvalue weighted by molar-refractivity contribution is -0.114. The molecule has 0 unspecified atom stereocenters. The Bertz CT molecular complexity index is 559. The van der Waals surface area contributed by atoms with Crippen molar-refractivity contribution in [3.05, 3.63) is 29.1 Å². The smallest absolute Gasteiger partial charge is 0.299 e. The quantitative estimate of drug-likeness (QED) is 0.568. The van der Waals surface area contributed by atoms with Gasteiger partial charge in [-0.05, 0) is 31.0 Å². The van der Waals surface area contributed by atoms with Gasteiger partial charge in [0.25, 0.3) is 11.7 Å². The van der Waals surface area contributed by atoms with Gasteiger partial charge in [0.1, 0.15) is 5.82 Å². The van der Waals surface area contributed by atoms with E-state index < -0.39 is 17.5 Å². The molecule has 1 heterocycles. The third-order valence-electron chi connectivity index (χ3n) is 3.26. The SMILES string of the molecule is COCCOCCCN1C(=O)C(=O)c2cc(C)cc(F)c21. The summed E-state index contributed by atoms with van der Waals surface area (Å²) in [4.78, 5) is 25.0. The molecule has 114 valence electrons. The zero-order chi connectivity index (χ0) is 15.4. The van der Waals surface area contributed by atoms with Crippen molar-refractivity contribution in [3.63, 3.8) is 0 Å². The number of halogens is 1. The second-order valence-electron chi connectivity index (χ2n) is 4.89. The maximum absolute atomic E-state index is 14.0. The van der Waals surface area contributed by atoms with Crippen LogP contribution in [0.5, 0.6) is 0 Å². The summed E-state index contributed by atoms with van der Waals surface area (Å²) in [5, 5.41) is 0. The fraction of sp³-hybridized carbons (Fsp3) is 0.467. The van der Waals surface area contributed by atoms with E-state index in [-0.39, 0.29) is 17.8 Å². The van der Waals surface area contributed by atoms with Crippen molar-refractivity contribution in [3.8, 4) is 0 Å². The van der Waals surface area contributed by atoms with E-state index in [0.717, 1.165) is 0 Å². The lowest BCUT2D eigenvalue weighted by Crippen LogP contribution is -2.31. The molecule has 1 aliphatic heterocycles. The predicted octanol–water partition coefficient (Wildman–Crippen LogP) is 1.72. The van der Waals surface area contributed by atoms with Gasteiger partial charge in [0, 0.05) is 20.3 Å². The maximum Gasteiger partial charge on any atom is 0.299 e. The summed E-state index contributed by atoms with van der Waals surface area (Å²) in [5.74, 6) is -1.86. The number of nitrogens with zero attached hydrogens (tertiary/aromatic N) is 1. The Morgan fingerprint density at radius 1 is 1.19 bits per heavy atom. The molecule has 0 saturated heterocycles. The second kappa shape index (κ2) is 6.78. The Morgan fingerprint density at radius 3 is 2.67 bits per heavy atom. The van der Waals surface area contributed by atoms with Gasteiger partial charge < -0.3 is 14.4 Å². The Kier molecular flexibility index (Phi) is 5.03. The summed E-state index contributed by atoms with van der Waals surface area (Å²) in [6.07, 6.45) is 0.523. The lowest BCUT2D eigenvalue weighted by Gasteiger charge is -2.17. The zero-order valence-electron chi connectivity index (χ0n) is 12.1. The second-order valence-corrected chi connectivity index (χ2v) is 4.89. The number of aryl methyl sites for hydroxylation is 1. The summed E-state index contributed by atoms with van der Waals surface area (Å²) >= 11 is 0. The van der Waals surface area contributed by atoms with Gasteiger partial charge in [-0.15, -0.1) is 0 Å². The van der Waals surface area contributed by atoms with E-state index in [1.54, 1.807) is 20.1 Å². The first-order chi connectivity index (χ1) is 10.1. The minimum Gasteiger partial charge on any atom is -0.382 e.